The van der Waals surface area contributed by atoms with Gasteiger partial charge in [0.1, 0.15) is 5.82 Å². The van der Waals surface area contributed by atoms with Gasteiger partial charge >= 0.3 is 0 Å². The molecule has 0 unspecified atom stereocenters. The van der Waals surface area contributed by atoms with Gasteiger partial charge in [0.25, 0.3) is 0 Å². The van der Waals surface area contributed by atoms with Crippen LogP contribution >= 0.6 is 11.6 Å². The van der Waals surface area contributed by atoms with E-state index in [0.29, 0.717) is 10.7 Å². The Bertz CT molecular complexity index is 353. The molecule has 90 valence electrons. The first-order chi connectivity index (χ1) is 7.71. The van der Waals surface area contributed by atoms with Gasteiger partial charge in [0, 0.05) is 13.0 Å². The van der Waals surface area contributed by atoms with Crippen molar-refractivity contribution in [3.8, 4) is 0 Å². The van der Waals surface area contributed by atoms with E-state index in [9.17, 15) is 0 Å². The number of halogens is 1. The highest BCUT2D eigenvalue weighted by molar-refractivity contribution is 6.28. The largest absolute Gasteiger partial charge is 0.301 e. The highest BCUT2D eigenvalue weighted by Crippen LogP contribution is 2.42. The number of hydrogen-bond donors (Lipinski definition) is 0. The lowest BCUT2D eigenvalue weighted by Crippen LogP contribution is -2.24. The summed E-state index contributed by atoms with van der Waals surface area (Å²) in [4.78, 5) is 0. The van der Waals surface area contributed by atoms with Crippen molar-refractivity contribution >= 4 is 11.6 Å². The van der Waals surface area contributed by atoms with Gasteiger partial charge in [-0.3, -0.25) is 0 Å². The zero-order chi connectivity index (χ0) is 11.6. The molecular formula is C12H20ClN3. The maximum absolute atomic E-state index is 6.11. The first-order valence-corrected chi connectivity index (χ1v) is 6.66. The van der Waals surface area contributed by atoms with Gasteiger partial charge in [-0.15, -0.1) is 10.2 Å². The maximum Gasteiger partial charge on any atom is 0.225 e. The maximum atomic E-state index is 6.11. The summed E-state index contributed by atoms with van der Waals surface area (Å²) in [7, 11) is 0. The van der Waals surface area contributed by atoms with Gasteiger partial charge in [0.15, 0.2) is 0 Å². The molecule has 1 aliphatic rings. The summed E-state index contributed by atoms with van der Waals surface area (Å²) in [5.41, 5.74) is 0.440. The Morgan fingerprint density at radius 3 is 2.50 bits per heavy atom. The van der Waals surface area contributed by atoms with E-state index in [1.165, 1.54) is 32.1 Å². The minimum Gasteiger partial charge on any atom is -0.301 e. The van der Waals surface area contributed by atoms with Gasteiger partial charge in [-0.2, -0.15) is 0 Å². The number of nitrogens with zero attached hydrogens (tertiary/aromatic N) is 3. The molecule has 1 aliphatic carbocycles. The summed E-state index contributed by atoms with van der Waals surface area (Å²) in [6, 6.07) is 0. The third kappa shape index (κ3) is 2.10. The second-order valence-electron chi connectivity index (χ2n) is 4.89. The Kier molecular flexibility index (Phi) is 3.53. The molecule has 0 atom stereocenters. The van der Waals surface area contributed by atoms with E-state index in [1.54, 1.807) is 0 Å². The van der Waals surface area contributed by atoms with Gasteiger partial charge in [-0.25, -0.2) is 0 Å². The molecular weight excluding hydrogens is 222 g/mol. The van der Waals surface area contributed by atoms with Crippen LogP contribution < -0.4 is 0 Å². The molecule has 0 aromatic carbocycles. The lowest BCUT2D eigenvalue weighted by Gasteiger charge is -2.28. The van der Waals surface area contributed by atoms with Crippen LogP contribution in [0.4, 0.5) is 0 Å². The monoisotopic (exact) mass is 241 g/mol. The van der Waals surface area contributed by atoms with Crippen LogP contribution in [0.5, 0.6) is 0 Å². The summed E-state index contributed by atoms with van der Waals surface area (Å²) in [5.74, 6) is 1.02. The second kappa shape index (κ2) is 4.74. The molecule has 0 bridgehead atoms. The van der Waals surface area contributed by atoms with E-state index in [-0.39, 0.29) is 0 Å². The fraction of sp³-hybridized carbons (Fsp3) is 0.833. The molecule has 1 aromatic rings. The molecule has 2 rings (SSSR count). The van der Waals surface area contributed by atoms with Crippen molar-refractivity contribution in [3.63, 3.8) is 0 Å². The van der Waals surface area contributed by atoms with Crippen molar-refractivity contribution in [1.29, 1.82) is 0 Å². The molecule has 1 saturated carbocycles. The predicted octanol–water partition coefficient (Wildman–Crippen LogP) is 3.46. The van der Waals surface area contributed by atoms with Crippen molar-refractivity contribution in [3.05, 3.63) is 11.1 Å². The van der Waals surface area contributed by atoms with Gasteiger partial charge in [-0.05, 0) is 36.3 Å². The van der Waals surface area contributed by atoms with E-state index >= 15 is 0 Å². The van der Waals surface area contributed by atoms with Gasteiger partial charge in [0.05, 0.1) is 0 Å². The van der Waals surface area contributed by atoms with Crippen LogP contribution in [0.15, 0.2) is 0 Å². The number of rotatable bonds is 4. The third-order valence-corrected chi connectivity index (χ3v) is 4.29. The van der Waals surface area contributed by atoms with Crippen molar-refractivity contribution in [2.24, 2.45) is 5.41 Å². The Balaban J connectivity index is 2.21. The van der Waals surface area contributed by atoms with Gasteiger partial charge in [0.2, 0.25) is 5.28 Å². The van der Waals surface area contributed by atoms with E-state index in [4.69, 9.17) is 11.6 Å². The number of hydrogen-bond acceptors (Lipinski definition) is 2. The Morgan fingerprint density at radius 1 is 1.25 bits per heavy atom. The average molecular weight is 242 g/mol. The van der Waals surface area contributed by atoms with E-state index in [0.717, 1.165) is 18.8 Å². The van der Waals surface area contributed by atoms with Crippen LogP contribution in [0.25, 0.3) is 0 Å². The molecule has 0 saturated heterocycles. The Hall–Kier alpha value is -0.570. The molecule has 0 amide bonds. The minimum atomic E-state index is 0.440. The summed E-state index contributed by atoms with van der Waals surface area (Å²) >= 11 is 6.11. The normalized spacial score (nSPS) is 19.2. The van der Waals surface area contributed by atoms with Crippen molar-refractivity contribution in [2.45, 2.75) is 58.9 Å². The molecule has 0 spiro atoms. The molecule has 16 heavy (non-hydrogen) atoms. The number of aromatic nitrogens is 3. The molecule has 1 fully saturated rings. The average Bonchev–Trinajstić information content (AvgIpc) is 2.89. The van der Waals surface area contributed by atoms with Crippen LogP contribution in [0, 0.1) is 5.41 Å². The predicted molar refractivity (Wildman–Crippen MR) is 65.6 cm³/mol. The van der Waals surface area contributed by atoms with Crippen molar-refractivity contribution in [1.82, 2.24) is 14.8 Å². The molecule has 4 heteroatoms. The summed E-state index contributed by atoms with van der Waals surface area (Å²) < 4.78 is 2.11. The molecule has 0 aliphatic heterocycles. The zero-order valence-corrected chi connectivity index (χ0v) is 10.9. The lowest BCUT2D eigenvalue weighted by molar-refractivity contribution is 0.234. The molecule has 1 heterocycles. The second-order valence-corrected chi connectivity index (χ2v) is 5.22. The highest BCUT2D eigenvalue weighted by atomic mass is 35.5. The molecule has 0 radical (unpaired) electrons. The Labute approximate surface area is 102 Å². The number of aryl methyl sites for hydroxylation is 1. The summed E-state index contributed by atoms with van der Waals surface area (Å²) in [5, 5.41) is 8.65. The fourth-order valence-electron chi connectivity index (χ4n) is 2.82. The topological polar surface area (TPSA) is 30.7 Å². The SMILES string of the molecule is CCc1nnc(Cl)n1CC1(CC)CCCC1. The first kappa shape index (κ1) is 11.9. The minimum absolute atomic E-state index is 0.440. The van der Waals surface area contributed by atoms with Gasteiger partial charge in [-0.1, -0.05) is 26.7 Å². The van der Waals surface area contributed by atoms with Crippen LogP contribution in [-0.4, -0.2) is 14.8 Å². The Morgan fingerprint density at radius 2 is 1.94 bits per heavy atom. The van der Waals surface area contributed by atoms with E-state index in [2.05, 4.69) is 28.6 Å². The van der Waals surface area contributed by atoms with Crippen molar-refractivity contribution < 1.29 is 0 Å². The lowest BCUT2D eigenvalue weighted by atomic mass is 9.83. The van der Waals surface area contributed by atoms with Crippen molar-refractivity contribution in [2.75, 3.05) is 0 Å². The van der Waals surface area contributed by atoms with E-state index < -0.39 is 0 Å². The molecule has 0 N–H and O–H groups in total. The quantitative estimate of drug-likeness (QED) is 0.808. The fourth-order valence-corrected chi connectivity index (χ4v) is 3.01. The first-order valence-electron chi connectivity index (χ1n) is 6.28. The summed E-state index contributed by atoms with van der Waals surface area (Å²) in [6.07, 6.45) is 7.48. The highest BCUT2D eigenvalue weighted by Gasteiger charge is 2.33. The summed E-state index contributed by atoms with van der Waals surface area (Å²) in [6.45, 7) is 5.39. The van der Waals surface area contributed by atoms with Gasteiger partial charge < -0.3 is 4.57 Å². The van der Waals surface area contributed by atoms with Crippen LogP contribution in [0.2, 0.25) is 5.28 Å². The van der Waals surface area contributed by atoms with Crippen LogP contribution in [-0.2, 0) is 13.0 Å². The smallest absolute Gasteiger partial charge is 0.225 e. The molecule has 3 nitrogen and oxygen atoms in total. The zero-order valence-electron chi connectivity index (χ0n) is 10.2. The van der Waals surface area contributed by atoms with E-state index in [1.807, 2.05) is 0 Å². The van der Waals surface area contributed by atoms with Crippen LogP contribution in [0.3, 0.4) is 0 Å². The molecule has 1 aromatic heterocycles. The standard InChI is InChI=1S/C12H20ClN3/c1-3-10-14-15-11(13)16(10)9-12(4-2)7-5-6-8-12/h3-9H2,1-2H3. The third-order valence-electron chi connectivity index (χ3n) is 4.01. The van der Waals surface area contributed by atoms with Crippen LogP contribution in [0.1, 0.15) is 51.8 Å².